The molecule has 0 aromatic carbocycles. The Labute approximate surface area is 277 Å². The number of fused-ring (bicyclic) bond motifs is 10. The molecule has 6 aliphatic heterocycles. The van der Waals surface area contributed by atoms with Crippen molar-refractivity contribution in [2.45, 2.75) is 126 Å². The number of hydrogen-bond acceptors (Lipinski definition) is 15. The Kier molecular flexibility index (Phi) is 6.19. The molecule has 9 aliphatic rings. The van der Waals surface area contributed by atoms with E-state index in [-0.39, 0.29) is 19.6 Å². The lowest BCUT2D eigenvalue weighted by atomic mass is 9.37. The summed E-state index contributed by atoms with van der Waals surface area (Å²) in [5, 5.41) is 25.0. The maximum Gasteiger partial charge on any atom is 0.335 e. The van der Waals surface area contributed by atoms with Crippen LogP contribution in [0.5, 0.6) is 0 Å². The monoisotopic (exact) mass is 680 g/mol. The van der Waals surface area contributed by atoms with Gasteiger partial charge in [0.25, 0.3) is 0 Å². The van der Waals surface area contributed by atoms with Gasteiger partial charge < -0.3 is 57.6 Å². The minimum absolute atomic E-state index is 0.0119. The van der Waals surface area contributed by atoms with Crippen LogP contribution in [0.25, 0.3) is 0 Å². The van der Waals surface area contributed by atoms with Crippen LogP contribution >= 0.6 is 0 Å². The van der Waals surface area contributed by atoms with Crippen molar-refractivity contribution in [3.05, 3.63) is 0 Å². The molecule has 9 fully saturated rings. The number of aliphatic hydroxyl groups excluding tert-OH is 1. The van der Waals surface area contributed by atoms with E-state index in [4.69, 9.17) is 47.4 Å². The number of epoxide rings is 1. The van der Waals surface area contributed by atoms with E-state index in [2.05, 4.69) is 0 Å². The Morgan fingerprint density at radius 3 is 2.29 bits per heavy atom. The van der Waals surface area contributed by atoms with Crippen LogP contribution in [0.2, 0.25) is 0 Å². The van der Waals surface area contributed by atoms with Gasteiger partial charge in [0, 0.05) is 48.3 Å². The Balaban J connectivity index is 1.22. The molecule has 3 saturated carbocycles. The summed E-state index contributed by atoms with van der Waals surface area (Å²) in [5.41, 5.74) is -7.68. The number of carbonyl (C=O) groups is 3. The predicted octanol–water partition coefficient (Wildman–Crippen LogP) is -0.0471. The van der Waals surface area contributed by atoms with Gasteiger partial charge in [0.15, 0.2) is 18.2 Å². The standard InChI is InChI=1S/C33H44O15/c1-13(34)43-18-10-32(38)14-8-17(44-26(32)45-18)33(29(14,5)48-33)28(4)21-20(24(36)39-6)42-11-30(21)15-9-16(47-27(2,3)46-15)31(25(37)40-7)12-41-19(22(30)31)23(28)35/h14-23,26,35,38H,8-12H2,1-7H3/t14-,15+,16-,17+,18+,19-,20+,21+,22-,23-,26-,28+,29+,30-,31+,32+,33+/m1/s1. The van der Waals surface area contributed by atoms with E-state index in [1.165, 1.54) is 21.1 Å². The second kappa shape index (κ2) is 9.28. The van der Waals surface area contributed by atoms with Crippen molar-refractivity contribution in [3.8, 4) is 0 Å². The molecule has 6 saturated heterocycles. The number of ether oxygens (including phenoxy) is 10. The van der Waals surface area contributed by atoms with E-state index >= 15 is 0 Å². The van der Waals surface area contributed by atoms with Crippen LogP contribution in [0.3, 0.4) is 0 Å². The first-order valence-corrected chi connectivity index (χ1v) is 16.9. The molecule has 0 amide bonds. The number of hydrogen-bond donors (Lipinski definition) is 2. The van der Waals surface area contributed by atoms with Crippen molar-refractivity contribution in [1.82, 2.24) is 0 Å². The van der Waals surface area contributed by atoms with Crippen molar-refractivity contribution in [1.29, 1.82) is 0 Å². The minimum atomic E-state index is -1.57. The molecule has 17 atom stereocenters. The van der Waals surface area contributed by atoms with Crippen LogP contribution in [0.15, 0.2) is 0 Å². The summed E-state index contributed by atoms with van der Waals surface area (Å²) in [5.74, 6) is -4.91. The first-order valence-electron chi connectivity index (χ1n) is 16.9. The predicted molar refractivity (Wildman–Crippen MR) is 153 cm³/mol. The summed E-state index contributed by atoms with van der Waals surface area (Å²) in [6.07, 6.45) is -6.85. The van der Waals surface area contributed by atoms with Crippen molar-refractivity contribution < 1.29 is 72.0 Å². The fraction of sp³-hybridized carbons (Fsp3) is 0.909. The molecule has 0 aromatic heterocycles. The van der Waals surface area contributed by atoms with Gasteiger partial charge in [-0.15, -0.1) is 0 Å². The molecule has 9 rings (SSSR count). The lowest BCUT2D eigenvalue weighted by molar-refractivity contribution is -0.384. The van der Waals surface area contributed by atoms with Gasteiger partial charge in [-0.05, 0) is 27.2 Å². The summed E-state index contributed by atoms with van der Waals surface area (Å²) >= 11 is 0. The largest absolute Gasteiger partial charge is 0.468 e. The highest BCUT2D eigenvalue weighted by Crippen LogP contribution is 2.82. The van der Waals surface area contributed by atoms with Crippen LogP contribution in [-0.2, 0) is 61.8 Å². The zero-order valence-electron chi connectivity index (χ0n) is 28.1. The second-order valence-corrected chi connectivity index (χ2v) is 16.3. The molecule has 15 nitrogen and oxygen atoms in total. The molecule has 48 heavy (non-hydrogen) atoms. The fourth-order valence-corrected chi connectivity index (χ4v) is 12.8. The number of aliphatic hydroxyl groups is 2. The molecule has 2 N–H and O–H groups in total. The Morgan fingerprint density at radius 2 is 1.60 bits per heavy atom. The number of methoxy groups -OCH3 is 2. The van der Waals surface area contributed by atoms with Gasteiger partial charge in [0.2, 0.25) is 6.29 Å². The zero-order valence-corrected chi connectivity index (χ0v) is 28.1. The summed E-state index contributed by atoms with van der Waals surface area (Å²) in [4.78, 5) is 39.6. The summed E-state index contributed by atoms with van der Waals surface area (Å²) < 4.78 is 61.6. The molecule has 0 unspecified atom stereocenters. The number of esters is 3. The fourth-order valence-electron chi connectivity index (χ4n) is 12.8. The lowest BCUT2D eigenvalue weighted by Gasteiger charge is -2.68. The smallest absolute Gasteiger partial charge is 0.335 e. The van der Waals surface area contributed by atoms with Crippen molar-refractivity contribution in [3.63, 3.8) is 0 Å². The molecule has 0 radical (unpaired) electrons. The van der Waals surface area contributed by atoms with Crippen molar-refractivity contribution in [2.24, 2.45) is 34.0 Å². The molecule has 15 heteroatoms. The molecule has 3 aliphatic carbocycles. The van der Waals surface area contributed by atoms with E-state index in [0.29, 0.717) is 12.8 Å². The number of rotatable bonds is 4. The molecule has 1 spiro atoms. The molecule has 6 heterocycles. The normalized spacial score (nSPS) is 59.1. The Morgan fingerprint density at radius 1 is 0.875 bits per heavy atom. The molecular formula is C33H44O15. The van der Waals surface area contributed by atoms with Crippen LogP contribution in [0.4, 0.5) is 0 Å². The Bertz CT molecular complexity index is 1490. The van der Waals surface area contributed by atoms with Crippen LogP contribution in [0.1, 0.15) is 53.9 Å². The van der Waals surface area contributed by atoms with Crippen LogP contribution in [-0.4, -0.2) is 127 Å². The van der Waals surface area contributed by atoms with E-state index < -0.39 is 124 Å². The van der Waals surface area contributed by atoms with Gasteiger partial charge in [-0.2, -0.15) is 0 Å². The molecule has 4 bridgehead atoms. The van der Waals surface area contributed by atoms with E-state index in [0.717, 1.165) is 0 Å². The van der Waals surface area contributed by atoms with Gasteiger partial charge in [0.05, 0.1) is 58.0 Å². The van der Waals surface area contributed by atoms with Crippen molar-refractivity contribution >= 4 is 17.9 Å². The summed E-state index contributed by atoms with van der Waals surface area (Å²) in [7, 11) is 2.61. The quantitative estimate of drug-likeness (QED) is 0.229. The molecular weight excluding hydrogens is 636 g/mol. The highest BCUT2D eigenvalue weighted by Gasteiger charge is 2.96. The van der Waals surface area contributed by atoms with E-state index in [1.54, 1.807) is 13.8 Å². The summed E-state index contributed by atoms with van der Waals surface area (Å²) in [6, 6.07) is 0. The second-order valence-electron chi connectivity index (χ2n) is 16.3. The van der Waals surface area contributed by atoms with Gasteiger partial charge in [-0.3, -0.25) is 9.59 Å². The van der Waals surface area contributed by atoms with Crippen molar-refractivity contribution in [2.75, 3.05) is 27.4 Å². The number of carbonyl (C=O) groups excluding carboxylic acids is 3. The third-order valence-electron chi connectivity index (χ3n) is 14.2. The first-order chi connectivity index (χ1) is 22.5. The third kappa shape index (κ3) is 3.23. The third-order valence-corrected chi connectivity index (χ3v) is 14.2. The maximum absolute atomic E-state index is 14.1. The highest BCUT2D eigenvalue weighted by molar-refractivity contribution is 5.80. The van der Waals surface area contributed by atoms with Gasteiger partial charge in [-0.1, -0.05) is 6.92 Å². The zero-order chi connectivity index (χ0) is 34.2. The van der Waals surface area contributed by atoms with Crippen LogP contribution in [0, 0.1) is 34.0 Å². The lowest BCUT2D eigenvalue weighted by Crippen LogP contribution is -2.79. The first kappa shape index (κ1) is 32.0. The minimum Gasteiger partial charge on any atom is -0.468 e. The average molecular weight is 681 g/mol. The highest BCUT2D eigenvalue weighted by atomic mass is 16.8. The Hall–Kier alpha value is -1.95. The maximum atomic E-state index is 14.1. The van der Waals surface area contributed by atoms with Gasteiger partial charge in [-0.25, -0.2) is 4.79 Å². The SMILES string of the molecule is COC(=O)[C@H]1OC[C@@]23[C@@H]4C[C@@H](OC(C)(C)O4)[C@@]4(C(=O)OC)CO[C@@H]([C@@H](O)[C@@](C)([C@]56O[C@@]5(C)[C@H]5C[C@@H]6O[C@@H]6O[C@H](OC(C)=O)C[C@@]65O)[C@H]12)[C@@H]43. The van der Waals surface area contributed by atoms with E-state index in [1.807, 2.05) is 13.8 Å². The topological polar surface area (TPSA) is 187 Å². The summed E-state index contributed by atoms with van der Waals surface area (Å²) in [6.45, 7) is 8.55. The van der Waals surface area contributed by atoms with Gasteiger partial charge >= 0.3 is 17.9 Å². The van der Waals surface area contributed by atoms with Gasteiger partial charge in [0.1, 0.15) is 22.2 Å². The van der Waals surface area contributed by atoms with Crippen LogP contribution < -0.4 is 0 Å². The molecule has 0 aromatic rings. The molecule has 266 valence electrons. The van der Waals surface area contributed by atoms with E-state index in [9.17, 15) is 24.6 Å². The average Bonchev–Trinajstić information content (AvgIpc) is 3.41.